The minimum absolute atomic E-state index is 0.0111. The predicted octanol–water partition coefficient (Wildman–Crippen LogP) is 11.6. The smallest absolute Gasteiger partial charge is 0.296 e. The molecule has 8 rings (SSSR count). The third kappa shape index (κ3) is 9.22. The number of aromatic hydroxyl groups is 1. The fraction of sp³-hybridized carbons (Fsp3) is 0. The summed E-state index contributed by atoms with van der Waals surface area (Å²) < 4.78 is 76.9. The number of anilines is 1. The first-order chi connectivity index (χ1) is 30.7. The minimum atomic E-state index is -4.76. The number of nitrogens with zero attached hydrogens (tertiary/aromatic N) is 7. The van der Waals surface area contributed by atoms with E-state index in [-0.39, 0.29) is 38.1 Å². The maximum absolute atomic E-state index is 12.2. The number of pyridine rings is 1. The third-order valence-corrected chi connectivity index (χ3v) is 12.4. The second-order valence-corrected chi connectivity index (χ2v) is 17.5. The number of phenols is 1. The third-order valence-electron chi connectivity index (χ3n) is 9.35. The highest BCUT2D eigenvalue weighted by atomic mass is 32.2. The zero-order chi connectivity index (χ0) is 45.2. The van der Waals surface area contributed by atoms with Gasteiger partial charge < -0.3 is 10.8 Å². The van der Waals surface area contributed by atoms with Crippen LogP contribution in [0, 0.1) is 0 Å². The molecule has 0 bridgehead atoms. The lowest BCUT2D eigenvalue weighted by molar-refractivity contribution is -0.432. The van der Waals surface area contributed by atoms with Crippen LogP contribution in [0.5, 0.6) is 5.75 Å². The molecule has 1 aromatic heterocycles. The van der Waals surface area contributed by atoms with E-state index < -0.39 is 41.5 Å². The van der Waals surface area contributed by atoms with Gasteiger partial charge in [0.2, 0.25) is 0 Å². The van der Waals surface area contributed by atoms with E-state index in [1.807, 2.05) is 24.3 Å². The molecule has 324 valence electrons. The highest BCUT2D eigenvalue weighted by Gasteiger charge is 2.21. The Labute approximate surface area is 368 Å². The lowest BCUT2D eigenvalue weighted by Crippen LogP contribution is -2.03. The van der Waals surface area contributed by atoms with Gasteiger partial charge in [0.15, 0.2) is 5.75 Å². The molecule has 0 fully saturated rings. The Morgan fingerprint density at radius 3 is 1.94 bits per heavy atom. The van der Waals surface area contributed by atoms with E-state index in [4.69, 9.17) is 16.2 Å². The summed E-state index contributed by atoms with van der Waals surface area (Å²) >= 11 is 1.20. The van der Waals surface area contributed by atoms with Crippen molar-refractivity contribution in [2.75, 3.05) is 5.73 Å². The second kappa shape index (κ2) is 18.3. The molecule has 0 aliphatic heterocycles. The lowest BCUT2D eigenvalue weighted by Gasteiger charge is -2.12. The van der Waals surface area contributed by atoms with Crippen LogP contribution in [0.25, 0.3) is 43.2 Å². The number of rotatable bonds is 14. The van der Waals surface area contributed by atoms with Gasteiger partial charge in [0.05, 0.1) is 67.8 Å². The monoisotopic (exact) mass is 942 g/mol. The van der Waals surface area contributed by atoms with Crippen LogP contribution in [0.15, 0.2) is 166 Å². The fourth-order valence-corrected chi connectivity index (χ4v) is 8.67. The van der Waals surface area contributed by atoms with Gasteiger partial charge in [-0.05, 0) is 101 Å². The Kier molecular flexibility index (Phi) is 12.6. The van der Waals surface area contributed by atoms with Crippen LogP contribution < -0.4 is 5.73 Å². The van der Waals surface area contributed by atoms with Crippen LogP contribution in [0.2, 0.25) is 0 Å². The molecule has 64 heavy (non-hydrogen) atoms. The Morgan fingerprint density at radius 1 is 0.562 bits per heavy atom. The highest BCUT2D eigenvalue weighted by molar-refractivity contribution is 7.95. The van der Waals surface area contributed by atoms with Crippen molar-refractivity contribution in [2.45, 2.75) is 19.6 Å². The number of hydrogen-bond donors (Lipinski definition) is 6. The number of azo groups is 3. The van der Waals surface area contributed by atoms with Gasteiger partial charge in [0.1, 0.15) is 16.3 Å². The van der Waals surface area contributed by atoms with E-state index in [1.165, 1.54) is 24.3 Å². The van der Waals surface area contributed by atoms with Crippen LogP contribution in [-0.4, -0.2) is 46.5 Å². The Hall–Kier alpha value is -6.59. The summed E-state index contributed by atoms with van der Waals surface area (Å²) in [5.41, 5.74) is 7.30. The van der Waals surface area contributed by atoms with E-state index in [0.29, 0.717) is 50.3 Å². The van der Waals surface area contributed by atoms with Crippen LogP contribution in [0.1, 0.15) is 0 Å². The van der Waals surface area contributed by atoms with Crippen molar-refractivity contribution in [2.24, 2.45) is 30.7 Å². The molecule has 7 N–H and O–H groups in total. The van der Waals surface area contributed by atoms with Gasteiger partial charge in [0, 0.05) is 32.6 Å². The van der Waals surface area contributed by atoms with Crippen LogP contribution in [0.3, 0.4) is 0 Å². The fourth-order valence-electron chi connectivity index (χ4n) is 6.52. The summed E-state index contributed by atoms with van der Waals surface area (Å²) in [4.78, 5) is 4.03. The van der Waals surface area contributed by atoms with Gasteiger partial charge >= 0.3 is 0 Å². The SMILES string of the molecule is Nc1cc2c(O)c(/N=N/c3ccc(/N=N/c4ccc(/N=N/c5ccc6c(SOOO)cccc6c5)c5ncccc45)c4ccc(S(=O)(=O)O)cc34)c(SOOO)cc2cc1S(=O)(=O)O. The topological polar surface area (TPSA) is 319 Å². The molecular weight excluding hydrogens is 917 g/mol. The molecule has 0 atom stereocenters. The molecule has 0 aliphatic carbocycles. The second-order valence-electron chi connectivity index (χ2n) is 13.2. The van der Waals surface area contributed by atoms with Gasteiger partial charge in [-0.25, -0.2) is 10.5 Å². The first kappa shape index (κ1) is 44.0. The molecule has 1 heterocycles. The van der Waals surface area contributed by atoms with Gasteiger partial charge in [-0.1, -0.05) is 34.3 Å². The minimum Gasteiger partial charge on any atom is -0.505 e. The van der Waals surface area contributed by atoms with Crippen molar-refractivity contribution in [1.29, 1.82) is 0 Å². The summed E-state index contributed by atoms with van der Waals surface area (Å²) in [5, 5.41) is 65.1. The van der Waals surface area contributed by atoms with Crippen molar-refractivity contribution in [3.8, 4) is 5.75 Å². The Balaban J connectivity index is 1.15. The van der Waals surface area contributed by atoms with Crippen LogP contribution in [0.4, 0.5) is 39.8 Å². The number of hydrogen-bond acceptors (Lipinski definition) is 21. The molecule has 0 saturated heterocycles. The first-order valence-electron chi connectivity index (χ1n) is 17.8. The summed E-state index contributed by atoms with van der Waals surface area (Å²) in [5.74, 6) is -0.578. The molecule has 8 aromatic rings. The predicted molar refractivity (Wildman–Crippen MR) is 233 cm³/mol. The molecular formula is C39H26N8O13S4. The van der Waals surface area contributed by atoms with E-state index in [1.54, 1.807) is 42.6 Å². The molecule has 21 nitrogen and oxygen atoms in total. The number of nitrogen functional groups attached to an aromatic ring is 1. The number of phenolic OH excluding ortho intramolecular Hbond substituents is 1. The lowest BCUT2D eigenvalue weighted by atomic mass is 10.1. The van der Waals surface area contributed by atoms with Crippen LogP contribution >= 0.6 is 24.1 Å². The average Bonchev–Trinajstić information content (AvgIpc) is 3.28. The van der Waals surface area contributed by atoms with Crippen LogP contribution in [-0.2, 0) is 39.0 Å². The summed E-state index contributed by atoms with van der Waals surface area (Å²) in [6.07, 6.45) is 1.59. The molecule has 0 aliphatic rings. The molecule has 0 spiro atoms. The van der Waals surface area contributed by atoms with Crippen molar-refractivity contribution in [3.63, 3.8) is 0 Å². The maximum Gasteiger partial charge on any atom is 0.296 e. The average molecular weight is 943 g/mol. The van der Waals surface area contributed by atoms with Gasteiger partial charge in [-0.15, -0.1) is 34.2 Å². The number of benzene rings is 7. The number of aromatic nitrogens is 1. The summed E-state index contributed by atoms with van der Waals surface area (Å²) in [6.45, 7) is 0. The normalized spacial score (nSPS) is 12.6. The Morgan fingerprint density at radius 2 is 1.22 bits per heavy atom. The van der Waals surface area contributed by atoms with Crippen molar-refractivity contribution < 1.29 is 60.3 Å². The quantitative estimate of drug-likeness (QED) is 0.0147. The zero-order valence-corrected chi connectivity index (χ0v) is 35.1. The molecule has 0 saturated carbocycles. The molecule has 25 heteroatoms. The van der Waals surface area contributed by atoms with Gasteiger partial charge in [-0.2, -0.15) is 21.9 Å². The zero-order valence-electron chi connectivity index (χ0n) is 31.8. The van der Waals surface area contributed by atoms with E-state index in [9.17, 15) is 31.0 Å². The summed E-state index contributed by atoms with van der Waals surface area (Å²) in [7, 11) is -9.47. The number of nitrogens with two attached hydrogens (primary N) is 1. The van der Waals surface area contributed by atoms with Crippen molar-refractivity contribution >= 4 is 127 Å². The summed E-state index contributed by atoms with van der Waals surface area (Å²) in [6, 6.07) is 27.7. The van der Waals surface area contributed by atoms with E-state index in [0.717, 1.165) is 47.1 Å². The Bertz CT molecular complexity index is 3490. The van der Waals surface area contributed by atoms with Gasteiger partial charge in [0.25, 0.3) is 20.2 Å². The van der Waals surface area contributed by atoms with Crippen molar-refractivity contribution in [3.05, 3.63) is 115 Å². The molecule has 0 radical (unpaired) electrons. The molecule has 0 amide bonds. The standard InChI is InChI=1S/C39H26N8O13S4/c40-29-19-27-21(17-36(29)64(54,55)56)16-35(62-60-58-50)38(39(27)48)47-45-32-11-10-30(25-9-7-23(18-28(25)32)63(51,52)53)43-44-31-12-13-33(37-26(31)4-2-14-41-37)46-42-22-6-8-24-20(15-22)3-1-5-34(24)61-59-57-49/h1-19,48-50H,40H2,(H,51,52,53)(H,54,55,56)/b44-43+,46-42+,47-45+. The van der Waals surface area contributed by atoms with E-state index >= 15 is 0 Å². The molecule has 0 unspecified atom stereocenters. The largest absolute Gasteiger partial charge is 0.505 e. The van der Waals surface area contributed by atoms with E-state index in [2.05, 4.69) is 54.4 Å². The van der Waals surface area contributed by atoms with Crippen molar-refractivity contribution in [1.82, 2.24) is 4.98 Å². The highest BCUT2D eigenvalue weighted by Crippen LogP contribution is 2.46. The first-order valence-corrected chi connectivity index (χ1v) is 22.2. The molecule has 7 aromatic carbocycles. The number of fused-ring (bicyclic) bond motifs is 4. The van der Waals surface area contributed by atoms with Gasteiger partial charge in [-0.3, -0.25) is 14.1 Å². The maximum atomic E-state index is 12.2.